The summed E-state index contributed by atoms with van der Waals surface area (Å²) in [6.45, 7) is 2.86. The molecule has 3 amide bonds. The second-order valence-electron chi connectivity index (χ2n) is 8.55. The van der Waals surface area contributed by atoms with Gasteiger partial charge in [-0.05, 0) is 55.1 Å². The van der Waals surface area contributed by atoms with E-state index in [9.17, 15) is 14.4 Å². The molecule has 5 rings (SSSR count). The fraction of sp³-hybridized carbons (Fsp3) is 0.167. The molecule has 0 N–H and O–H groups in total. The maximum absolute atomic E-state index is 13.5. The number of amides is 3. The fourth-order valence-corrected chi connectivity index (χ4v) is 4.70. The van der Waals surface area contributed by atoms with Crippen molar-refractivity contribution < 1.29 is 19.1 Å². The second kappa shape index (κ2) is 10.0. The lowest BCUT2D eigenvalue weighted by Crippen LogP contribution is -2.42. The van der Waals surface area contributed by atoms with Gasteiger partial charge >= 0.3 is 0 Å². The first-order valence-corrected chi connectivity index (χ1v) is 12.1. The largest absolute Gasteiger partial charge is 0.492 e. The van der Waals surface area contributed by atoms with Crippen molar-refractivity contribution in [2.45, 2.75) is 13.3 Å². The molecule has 0 saturated carbocycles. The zero-order chi connectivity index (χ0) is 25.1. The zero-order valence-electron chi connectivity index (χ0n) is 20.0. The molecule has 1 heterocycles. The van der Waals surface area contributed by atoms with E-state index in [0.717, 1.165) is 5.39 Å². The molecule has 1 aliphatic heterocycles. The van der Waals surface area contributed by atoms with Gasteiger partial charge in [-0.15, -0.1) is 0 Å². The van der Waals surface area contributed by atoms with Crippen molar-refractivity contribution in [3.05, 3.63) is 108 Å². The molecule has 0 fully saturated rings. The maximum Gasteiger partial charge on any atom is 0.261 e. The van der Waals surface area contributed by atoms with Crippen LogP contribution in [0, 0.1) is 0 Å². The van der Waals surface area contributed by atoms with Gasteiger partial charge in [0.25, 0.3) is 17.7 Å². The molecule has 4 aromatic rings. The summed E-state index contributed by atoms with van der Waals surface area (Å²) in [4.78, 5) is 43.0. The highest BCUT2D eigenvalue weighted by Crippen LogP contribution is 2.32. The van der Waals surface area contributed by atoms with Crippen molar-refractivity contribution in [2.24, 2.45) is 0 Å². The highest BCUT2D eigenvalue weighted by molar-refractivity contribution is 6.25. The minimum Gasteiger partial charge on any atom is -0.492 e. The average Bonchev–Trinajstić information content (AvgIpc) is 2.92. The third kappa shape index (κ3) is 4.22. The van der Waals surface area contributed by atoms with Gasteiger partial charge in [-0.3, -0.25) is 19.3 Å². The number of nitrogens with zero attached hydrogens (tertiary/aromatic N) is 2. The SMILES string of the molecule is CCOc1ccccc1N(CCCN1C(=O)c2cccc3cccc(c23)C1=O)C(=O)c1ccccc1. The van der Waals surface area contributed by atoms with Crippen LogP contribution in [0.4, 0.5) is 5.69 Å². The van der Waals surface area contributed by atoms with E-state index in [1.54, 1.807) is 29.2 Å². The average molecular weight is 479 g/mol. The predicted octanol–water partition coefficient (Wildman–Crippen LogP) is 5.57. The molecule has 0 atom stereocenters. The van der Waals surface area contributed by atoms with Gasteiger partial charge < -0.3 is 9.64 Å². The molecule has 36 heavy (non-hydrogen) atoms. The molecule has 6 nitrogen and oxygen atoms in total. The van der Waals surface area contributed by atoms with Crippen LogP contribution in [0.5, 0.6) is 5.75 Å². The normalized spacial score (nSPS) is 12.6. The van der Waals surface area contributed by atoms with E-state index in [0.29, 0.717) is 53.1 Å². The number of para-hydroxylation sites is 2. The number of rotatable bonds is 8. The number of imide groups is 1. The highest BCUT2D eigenvalue weighted by atomic mass is 16.5. The molecule has 0 saturated heterocycles. The molecule has 0 spiro atoms. The summed E-state index contributed by atoms with van der Waals surface area (Å²) in [5.74, 6) is -0.177. The molecule has 0 bridgehead atoms. The Hall–Kier alpha value is -4.45. The van der Waals surface area contributed by atoms with Gasteiger partial charge in [0.05, 0.1) is 12.3 Å². The quantitative estimate of drug-likeness (QED) is 0.311. The first-order chi connectivity index (χ1) is 17.6. The van der Waals surface area contributed by atoms with Gasteiger partial charge in [-0.1, -0.05) is 54.6 Å². The number of anilines is 1. The lowest BCUT2D eigenvalue weighted by molar-refractivity contribution is 0.0610. The monoisotopic (exact) mass is 478 g/mol. The Labute approximate surface area is 209 Å². The minimum atomic E-state index is -0.306. The van der Waals surface area contributed by atoms with Gasteiger partial charge in [-0.25, -0.2) is 0 Å². The summed E-state index contributed by atoms with van der Waals surface area (Å²) in [5, 5.41) is 1.58. The van der Waals surface area contributed by atoms with Crippen molar-refractivity contribution in [1.29, 1.82) is 0 Å². The molecule has 0 aromatic heterocycles. The van der Waals surface area contributed by atoms with Crippen molar-refractivity contribution in [1.82, 2.24) is 4.90 Å². The summed E-state index contributed by atoms with van der Waals surface area (Å²) in [6.07, 6.45) is 0.411. The first-order valence-electron chi connectivity index (χ1n) is 12.1. The van der Waals surface area contributed by atoms with E-state index in [1.807, 2.05) is 73.7 Å². The molecule has 1 aliphatic rings. The Morgan fingerprint density at radius 1 is 0.806 bits per heavy atom. The topological polar surface area (TPSA) is 66.9 Å². The van der Waals surface area contributed by atoms with E-state index in [4.69, 9.17) is 4.74 Å². The van der Waals surface area contributed by atoms with Crippen molar-refractivity contribution in [3.8, 4) is 5.75 Å². The second-order valence-corrected chi connectivity index (χ2v) is 8.55. The van der Waals surface area contributed by atoms with Crippen LogP contribution in [-0.4, -0.2) is 42.3 Å². The van der Waals surface area contributed by atoms with Crippen LogP contribution in [0.15, 0.2) is 91.0 Å². The molecule has 0 radical (unpaired) electrons. The van der Waals surface area contributed by atoms with E-state index in [1.165, 1.54) is 4.90 Å². The van der Waals surface area contributed by atoms with Crippen molar-refractivity contribution >= 4 is 34.2 Å². The van der Waals surface area contributed by atoms with Crippen LogP contribution in [0.25, 0.3) is 10.8 Å². The lowest BCUT2D eigenvalue weighted by atomic mass is 9.94. The number of carbonyl (C=O) groups excluding carboxylic acids is 3. The molecule has 0 aliphatic carbocycles. The molecule has 4 aromatic carbocycles. The summed E-state index contributed by atoms with van der Waals surface area (Å²) < 4.78 is 5.79. The van der Waals surface area contributed by atoms with E-state index >= 15 is 0 Å². The van der Waals surface area contributed by atoms with Crippen molar-refractivity contribution in [3.63, 3.8) is 0 Å². The van der Waals surface area contributed by atoms with Crippen LogP contribution in [0.1, 0.15) is 44.4 Å². The van der Waals surface area contributed by atoms with Crippen LogP contribution in [0.3, 0.4) is 0 Å². The van der Waals surface area contributed by atoms with E-state index < -0.39 is 0 Å². The predicted molar refractivity (Wildman–Crippen MR) is 140 cm³/mol. The molecule has 180 valence electrons. The number of hydrogen-bond donors (Lipinski definition) is 0. The van der Waals surface area contributed by atoms with Gasteiger partial charge in [0.15, 0.2) is 0 Å². The van der Waals surface area contributed by atoms with Gasteiger partial charge in [-0.2, -0.15) is 0 Å². The molecule has 6 heteroatoms. The van der Waals surface area contributed by atoms with Crippen LogP contribution in [0.2, 0.25) is 0 Å². The van der Waals surface area contributed by atoms with Gasteiger partial charge in [0, 0.05) is 35.2 Å². The third-order valence-electron chi connectivity index (χ3n) is 6.34. The smallest absolute Gasteiger partial charge is 0.261 e. The zero-order valence-corrected chi connectivity index (χ0v) is 20.0. The van der Waals surface area contributed by atoms with Crippen LogP contribution in [-0.2, 0) is 0 Å². The fourth-order valence-electron chi connectivity index (χ4n) is 4.70. The van der Waals surface area contributed by atoms with E-state index in [2.05, 4.69) is 0 Å². The third-order valence-corrected chi connectivity index (χ3v) is 6.34. The molecule has 0 unspecified atom stereocenters. The Morgan fingerprint density at radius 3 is 2.11 bits per heavy atom. The summed E-state index contributed by atoms with van der Waals surface area (Å²) in [6, 6.07) is 27.4. The Balaban J connectivity index is 1.41. The summed E-state index contributed by atoms with van der Waals surface area (Å²) in [5.41, 5.74) is 2.26. The molecular formula is C30H26N2O4. The number of ether oxygens (including phenoxy) is 1. The highest BCUT2D eigenvalue weighted by Gasteiger charge is 2.32. The van der Waals surface area contributed by atoms with Crippen molar-refractivity contribution in [2.75, 3.05) is 24.6 Å². The Bertz CT molecular complexity index is 1400. The standard InChI is InChI=1S/C30H26N2O4/c1-2-36-26-18-7-6-17-25(26)31(28(33)22-11-4-3-5-12-22)19-10-20-32-29(34)23-15-8-13-21-14-9-16-24(27(21)23)30(32)35/h3-9,11-18H,2,10,19-20H2,1H3. The number of hydrogen-bond acceptors (Lipinski definition) is 4. The maximum atomic E-state index is 13.5. The van der Waals surface area contributed by atoms with Crippen LogP contribution >= 0.6 is 0 Å². The summed E-state index contributed by atoms with van der Waals surface area (Å²) in [7, 11) is 0. The first kappa shape index (κ1) is 23.3. The lowest BCUT2D eigenvalue weighted by Gasteiger charge is -2.29. The Kier molecular flexibility index (Phi) is 6.50. The summed E-state index contributed by atoms with van der Waals surface area (Å²) >= 11 is 0. The van der Waals surface area contributed by atoms with Gasteiger partial charge in [0.2, 0.25) is 0 Å². The minimum absolute atomic E-state index is 0.172. The van der Waals surface area contributed by atoms with Gasteiger partial charge in [0.1, 0.15) is 5.75 Å². The number of benzene rings is 4. The van der Waals surface area contributed by atoms with E-state index in [-0.39, 0.29) is 24.3 Å². The number of carbonyl (C=O) groups is 3. The molecular weight excluding hydrogens is 452 g/mol. The van der Waals surface area contributed by atoms with Crippen LogP contribution < -0.4 is 9.64 Å². The Morgan fingerprint density at radius 2 is 1.44 bits per heavy atom.